The summed E-state index contributed by atoms with van der Waals surface area (Å²) < 4.78 is 5.49. The highest BCUT2D eigenvalue weighted by atomic mass is 16.5. The largest absolute Gasteiger partial charge is 0.493 e. The Bertz CT molecular complexity index is 429. The molecule has 0 atom stereocenters. The number of amides is 1. The molecule has 0 aliphatic heterocycles. The molecule has 1 amide bonds. The van der Waals surface area contributed by atoms with Gasteiger partial charge in [-0.3, -0.25) is 9.59 Å². The van der Waals surface area contributed by atoms with Gasteiger partial charge in [-0.1, -0.05) is 19.9 Å². The molecule has 0 unspecified atom stereocenters. The molecule has 98 valence electrons. The number of aliphatic carboxylic acids is 1. The first kappa shape index (κ1) is 14.0. The summed E-state index contributed by atoms with van der Waals surface area (Å²) in [5.74, 6) is -0.496. The standard InChI is InChI=1S/C13H17NO4/c1-9(2)8-18-11-5-3-4-10(6-11)13(17)14-7-12(15)16/h3-6,9H,7-8H2,1-2H3,(H,14,17)(H,15,16). The predicted molar refractivity (Wildman–Crippen MR) is 66.7 cm³/mol. The monoisotopic (exact) mass is 251 g/mol. The predicted octanol–water partition coefficient (Wildman–Crippen LogP) is 1.54. The van der Waals surface area contributed by atoms with Crippen molar-refractivity contribution >= 4 is 11.9 Å². The van der Waals surface area contributed by atoms with E-state index in [1.165, 1.54) is 0 Å². The van der Waals surface area contributed by atoms with Crippen LogP contribution in [0, 0.1) is 5.92 Å². The van der Waals surface area contributed by atoms with Crippen LogP contribution in [0.25, 0.3) is 0 Å². The van der Waals surface area contributed by atoms with Crippen LogP contribution >= 0.6 is 0 Å². The van der Waals surface area contributed by atoms with Gasteiger partial charge in [-0.25, -0.2) is 0 Å². The molecule has 1 aromatic carbocycles. The molecule has 0 aliphatic carbocycles. The highest BCUT2D eigenvalue weighted by Gasteiger charge is 2.08. The number of benzene rings is 1. The number of hydrogen-bond donors (Lipinski definition) is 2. The number of carbonyl (C=O) groups excluding carboxylic acids is 1. The third-order valence-electron chi connectivity index (χ3n) is 2.08. The second-order valence-corrected chi connectivity index (χ2v) is 4.31. The topological polar surface area (TPSA) is 75.6 Å². The Morgan fingerprint density at radius 2 is 2.11 bits per heavy atom. The number of carboxylic acids is 1. The average Bonchev–Trinajstić information content (AvgIpc) is 2.33. The highest BCUT2D eigenvalue weighted by molar-refractivity contribution is 5.96. The maximum Gasteiger partial charge on any atom is 0.322 e. The van der Waals surface area contributed by atoms with E-state index in [4.69, 9.17) is 9.84 Å². The smallest absolute Gasteiger partial charge is 0.322 e. The second kappa shape index (κ2) is 6.64. The first-order valence-electron chi connectivity index (χ1n) is 5.72. The maximum atomic E-state index is 11.6. The van der Waals surface area contributed by atoms with E-state index in [-0.39, 0.29) is 0 Å². The van der Waals surface area contributed by atoms with Gasteiger partial charge in [-0.05, 0) is 24.1 Å². The second-order valence-electron chi connectivity index (χ2n) is 4.31. The summed E-state index contributed by atoms with van der Waals surface area (Å²) >= 11 is 0. The lowest BCUT2D eigenvalue weighted by atomic mass is 10.2. The molecule has 0 aliphatic rings. The molecule has 0 radical (unpaired) electrons. The van der Waals surface area contributed by atoms with E-state index in [9.17, 15) is 9.59 Å². The van der Waals surface area contributed by atoms with Crippen LogP contribution in [0.15, 0.2) is 24.3 Å². The summed E-state index contributed by atoms with van der Waals surface area (Å²) in [7, 11) is 0. The van der Waals surface area contributed by atoms with Crippen molar-refractivity contribution in [2.24, 2.45) is 5.92 Å². The SMILES string of the molecule is CC(C)COc1cccc(C(=O)NCC(=O)O)c1. The molecule has 0 saturated heterocycles. The van der Waals surface area contributed by atoms with E-state index in [2.05, 4.69) is 5.32 Å². The first-order valence-corrected chi connectivity index (χ1v) is 5.72. The minimum Gasteiger partial charge on any atom is -0.493 e. The zero-order chi connectivity index (χ0) is 13.5. The van der Waals surface area contributed by atoms with Gasteiger partial charge in [-0.2, -0.15) is 0 Å². The summed E-state index contributed by atoms with van der Waals surface area (Å²) in [6, 6.07) is 6.67. The Kier molecular flexibility index (Phi) is 5.17. The minimum absolute atomic E-state index is 0.387. The van der Waals surface area contributed by atoms with Gasteiger partial charge < -0.3 is 15.2 Å². The summed E-state index contributed by atoms with van der Waals surface area (Å²) in [5.41, 5.74) is 0.387. The number of carboxylic acid groups (broad SMARTS) is 1. The van der Waals surface area contributed by atoms with Gasteiger partial charge in [0.2, 0.25) is 0 Å². The van der Waals surface area contributed by atoms with Crippen molar-refractivity contribution in [3.63, 3.8) is 0 Å². The number of ether oxygens (including phenoxy) is 1. The van der Waals surface area contributed by atoms with Gasteiger partial charge in [0.05, 0.1) is 6.61 Å². The fourth-order valence-electron chi connectivity index (χ4n) is 1.25. The Morgan fingerprint density at radius 1 is 1.39 bits per heavy atom. The Labute approximate surface area is 106 Å². The fraction of sp³-hybridized carbons (Fsp3) is 0.385. The molecule has 0 fully saturated rings. The van der Waals surface area contributed by atoms with Crippen LogP contribution in [0.1, 0.15) is 24.2 Å². The molecule has 1 rings (SSSR count). The Hall–Kier alpha value is -2.04. The lowest BCUT2D eigenvalue weighted by Gasteiger charge is -2.09. The summed E-state index contributed by atoms with van der Waals surface area (Å²) in [6.45, 7) is 4.24. The van der Waals surface area contributed by atoms with Crippen molar-refractivity contribution in [3.8, 4) is 5.75 Å². The van der Waals surface area contributed by atoms with Crippen molar-refractivity contribution < 1.29 is 19.4 Å². The van der Waals surface area contributed by atoms with E-state index in [1.54, 1.807) is 24.3 Å². The molecule has 5 nitrogen and oxygen atoms in total. The van der Waals surface area contributed by atoms with Crippen LogP contribution < -0.4 is 10.1 Å². The van der Waals surface area contributed by atoms with Crippen molar-refractivity contribution in [2.45, 2.75) is 13.8 Å². The van der Waals surface area contributed by atoms with E-state index >= 15 is 0 Å². The first-order chi connectivity index (χ1) is 8.49. The molecule has 0 heterocycles. The van der Waals surface area contributed by atoms with Crippen molar-refractivity contribution in [1.82, 2.24) is 5.32 Å². The fourth-order valence-corrected chi connectivity index (χ4v) is 1.25. The summed E-state index contributed by atoms with van der Waals surface area (Å²) in [4.78, 5) is 21.9. The van der Waals surface area contributed by atoms with Crippen LogP contribution in [0.5, 0.6) is 5.75 Å². The normalized spacial score (nSPS) is 10.2. The third kappa shape index (κ3) is 4.86. The van der Waals surface area contributed by atoms with Gasteiger partial charge in [0.25, 0.3) is 5.91 Å². The summed E-state index contributed by atoms with van der Waals surface area (Å²) in [5, 5.41) is 10.8. The molecule has 5 heteroatoms. The maximum absolute atomic E-state index is 11.6. The minimum atomic E-state index is -1.07. The van der Waals surface area contributed by atoms with Crippen LogP contribution in [-0.4, -0.2) is 30.1 Å². The van der Waals surface area contributed by atoms with Gasteiger partial charge in [-0.15, -0.1) is 0 Å². The molecule has 1 aromatic rings. The molecule has 0 spiro atoms. The Balaban J connectivity index is 2.63. The molecular weight excluding hydrogens is 234 g/mol. The van der Waals surface area contributed by atoms with E-state index in [0.717, 1.165) is 0 Å². The van der Waals surface area contributed by atoms with Crippen LogP contribution in [-0.2, 0) is 4.79 Å². The number of nitrogens with one attached hydrogen (secondary N) is 1. The van der Waals surface area contributed by atoms with Gasteiger partial charge in [0.15, 0.2) is 0 Å². The molecule has 18 heavy (non-hydrogen) atoms. The molecule has 2 N–H and O–H groups in total. The average molecular weight is 251 g/mol. The molecule has 0 saturated carbocycles. The number of carbonyl (C=O) groups is 2. The zero-order valence-corrected chi connectivity index (χ0v) is 10.5. The molecule has 0 bridgehead atoms. The van der Waals surface area contributed by atoms with E-state index in [0.29, 0.717) is 23.8 Å². The van der Waals surface area contributed by atoms with Crippen molar-refractivity contribution in [2.75, 3.05) is 13.2 Å². The van der Waals surface area contributed by atoms with Crippen LogP contribution in [0.2, 0.25) is 0 Å². The highest BCUT2D eigenvalue weighted by Crippen LogP contribution is 2.14. The van der Waals surface area contributed by atoms with E-state index < -0.39 is 18.4 Å². The van der Waals surface area contributed by atoms with E-state index in [1.807, 2.05) is 13.8 Å². The van der Waals surface area contributed by atoms with Gasteiger partial charge in [0, 0.05) is 5.56 Å². The van der Waals surface area contributed by atoms with Crippen LogP contribution in [0.4, 0.5) is 0 Å². The number of hydrogen-bond acceptors (Lipinski definition) is 3. The summed E-state index contributed by atoms with van der Waals surface area (Å²) in [6.07, 6.45) is 0. The quantitative estimate of drug-likeness (QED) is 0.804. The zero-order valence-electron chi connectivity index (χ0n) is 10.5. The van der Waals surface area contributed by atoms with Crippen molar-refractivity contribution in [1.29, 1.82) is 0 Å². The Morgan fingerprint density at radius 3 is 2.72 bits per heavy atom. The lowest BCUT2D eigenvalue weighted by Crippen LogP contribution is -2.29. The van der Waals surface area contributed by atoms with Crippen molar-refractivity contribution in [3.05, 3.63) is 29.8 Å². The molecular formula is C13H17NO4. The lowest BCUT2D eigenvalue weighted by molar-refractivity contribution is -0.135. The van der Waals surface area contributed by atoms with Gasteiger partial charge >= 0.3 is 5.97 Å². The van der Waals surface area contributed by atoms with Gasteiger partial charge in [0.1, 0.15) is 12.3 Å². The molecule has 0 aromatic heterocycles. The van der Waals surface area contributed by atoms with Crippen LogP contribution in [0.3, 0.4) is 0 Å². The third-order valence-corrected chi connectivity index (χ3v) is 2.08. The number of rotatable bonds is 6.